The topological polar surface area (TPSA) is 12.0 Å². The number of rotatable bonds is 3. The molecule has 0 amide bonds. The van der Waals surface area contributed by atoms with Gasteiger partial charge < -0.3 is 5.32 Å². The molecule has 2 aromatic carbocycles. The van der Waals surface area contributed by atoms with E-state index in [0.717, 1.165) is 11.4 Å². The first-order valence-corrected chi connectivity index (χ1v) is 6.85. The molecular formula is C18H23N. The number of hydrogen-bond acceptors (Lipinski definition) is 1. The van der Waals surface area contributed by atoms with E-state index in [0.29, 0.717) is 0 Å². The van der Waals surface area contributed by atoms with Gasteiger partial charge in [-0.05, 0) is 37.6 Å². The molecule has 0 aliphatic carbocycles. The minimum Gasteiger partial charge on any atom is -0.355 e. The van der Waals surface area contributed by atoms with Gasteiger partial charge in [-0.1, -0.05) is 56.3 Å². The summed E-state index contributed by atoms with van der Waals surface area (Å²) in [4.78, 5) is 0. The molecule has 0 radical (unpaired) electrons. The van der Waals surface area contributed by atoms with Gasteiger partial charge >= 0.3 is 0 Å². The Morgan fingerprint density at radius 1 is 0.895 bits per heavy atom. The van der Waals surface area contributed by atoms with E-state index in [4.69, 9.17) is 0 Å². The van der Waals surface area contributed by atoms with Crippen molar-refractivity contribution in [3.8, 4) is 0 Å². The smallest absolute Gasteiger partial charge is 0.0460 e. The fraction of sp³-hybridized carbons (Fsp3) is 0.222. The molecule has 0 unspecified atom stereocenters. The largest absolute Gasteiger partial charge is 0.355 e. The van der Waals surface area contributed by atoms with Crippen molar-refractivity contribution in [3.05, 3.63) is 65.7 Å². The molecule has 19 heavy (non-hydrogen) atoms. The number of para-hydroxylation sites is 1. The molecule has 0 atom stereocenters. The van der Waals surface area contributed by atoms with Crippen LogP contribution in [0.5, 0.6) is 0 Å². The molecule has 2 rings (SSSR count). The lowest BCUT2D eigenvalue weighted by Crippen LogP contribution is -1.94. The van der Waals surface area contributed by atoms with Crippen molar-refractivity contribution in [2.45, 2.75) is 27.7 Å². The van der Waals surface area contributed by atoms with Crippen LogP contribution < -0.4 is 5.32 Å². The van der Waals surface area contributed by atoms with Crippen molar-refractivity contribution in [1.82, 2.24) is 0 Å². The van der Waals surface area contributed by atoms with Crippen molar-refractivity contribution in [3.63, 3.8) is 0 Å². The maximum absolute atomic E-state index is 3.45. The summed E-state index contributed by atoms with van der Waals surface area (Å²) in [6.45, 7) is 8.17. The van der Waals surface area contributed by atoms with Crippen molar-refractivity contribution in [2.75, 3.05) is 5.32 Å². The lowest BCUT2D eigenvalue weighted by atomic mass is 10.1. The Morgan fingerprint density at radius 2 is 1.58 bits per heavy atom. The summed E-state index contributed by atoms with van der Waals surface area (Å²) in [5, 5.41) is 3.45. The van der Waals surface area contributed by atoms with Gasteiger partial charge in [0.25, 0.3) is 0 Å². The van der Waals surface area contributed by atoms with Gasteiger partial charge in [0, 0.05) is 16.9 Å². The molecule has 0 fully saturated rings. The normalized spacial score (nSPS) is 9.89. The fourth-order valence-electron chi connectivity index (χ4n) is 1.85. The quantitative estimate of drug-likeness (QED) is 0.729. The lowest BCUT2D eigenvalue weighted by molar-refractivity contribution is 1.42. The number of aryl methyl sites for hydroxylation is 1. The first-order chi connectivity index (χ1) is 9.31. The number of hydrogen-bond donors (Lipinski definition) is 1. The molecule has 2 aromatic rings. The Morgan fingerprint density at radius 3 is 2.21 bits per heavy atom. The third-order valence-electron chi connectivity index (χ3n) is 2.71. The van der Waals surface area contributed by atoms with Crippen molar-refractivity contribution < 1.29 is 0 Å². The Balaban J connectivity index is 0.000000861. The molecule has 1 N–H and O–H groups in total. The van der Waals surface area contributed by atoms with Gasteiger partial charge in [0.05, 0.1) is 0 Å². The molecule has 0 heterocycles. The molecule has 0 spiro atoms. The predicted octanol–water partition coefficient (Wildman–Crippen LogP) is 5.80. The maximum Gasteiger partial charge on any atom is 0.0460 e. The van der Waals surface area contributed by atoms with Crippen LogP contribution in [0.25, 0.3) is 6.08 Å². The summed E-state index contributed by atoms with van der Waals surface area (Å²) in [5.41, 5.74) is 4.79. The highest BCUT2D eigenvalue weighted by Crippen LogP contribution is 2.24. The van der Waals surface area contributed by atoms with Crippen LogP contribution in [0.2, 0.25) is 0 Å². The van der Waals surface area contributed by atoms with E-state index in [1.54, 1.807) is 0 Å². The summed E-state index contributed by atoms with van der Waals surface area (Å²) in [7, 11) is 0. The highest BCUT2D eigenvalue weighted by Gasteiger charge is 2.02. The molecule has 0 aliphatic rings. The molecule has 100 valence electrons. The second-order valence-corrected chi connectivity index (χ2v) is 4.03. The summed E-state index contributed by atoms with van der Waals surface area (Å²) < 4.78 is 0. The summed E-state index contributed by atoms with van der Waals surface area (Å²) in [6, 6.07) is 16.5. The molecular weight excluding hydrogens is 230 g/mol. The van der Waals surface area contributed by atoms with Gasteiger partial charge in [0.2, 0.25) is 0 Å². The van der Waals surface area contributed by atoms with E-state index in [1.165, 1.54) is 11.1 Å². The molecule has 0 bridgehead atoms. The molecule has 0 saturated heterocycles. The van der Waals surface area contributed by atoms with Gasteiger partial charge in [-0.15, -0.1) is 0 Å². The van der Waals surface area contributed by atoms with Crippen molar-refractivity contribution in [1.29, 1.82) is 0 Å². The lowest BCUT2D eigenvalue weighted by Gasteiger charge is -2.11. The van der Waals surface area contributed by atoms with Crippen LogP contribution in [0.4, 0.5) is 11.4 Å². The highest BCUT2D eigenvalue weighted by molar-refractivity contribution is 5.73. The first-order valence-electron chi connectivity index (χ1n) is 6.85. The molecule has 0 aromatic heterocycles. The standard InChI is InChI=1S/C16H17N.C2H6/c1-3-8-15-13(2)9-7-12-16(15)17-14-10-5-4-6-11-14;1-2/h3-12,17H,1-2H3;1-2H3/b8-3-;. The maximum atomic E-state index is 3.45. The minimum absolute atomic E-state index is 1.11. The SMILES string of the molecule is C/C=C\c1c(C)cccc1Nc1ccccc1.CC. The van der Waals surface area contributed by atoms with Crippen LogP contribution in [-0.4, -0.2) is 0 Å². The molecule has 1 nitrogen and oxygen atoms in total. The zero-order valence-corrected chi connectivity index (χ0v) is 12.3. The summed E-state index contributed by atoms with van der Waals surface area (Å²) >= 11 is 0. The van der Waals surface area contributed by atoms with Crippen molar-refractivity contribution >= 4 is 17.5 Å². The third-order valence-corrected chi connectivity index (χ3v) is 2.71. The number of allylic oxidation sites excluding steroid dienone is 1. The molecule has 0 saturated carbocycles. The van der Waals surface area contributed by atoms with Crippen LogP contribution in [0.1, 0.15) is 31.9 Å². The van der Waals surface area contributed by atoms with E-state index >= 15 is 0 Å². The van der Waals surface area contributed by atoms with E-state index < -0.39 is 0 Å². The number of benzene rings is 2. The van der Waals surface area contributed by atoms with Gasteiger partial charge in [-0.3, -0.25) is 0 Å². The second-order valence-electron chi connectivity index (χ2n) is 4.03. The Hall–Kier alpha value is -2.02. The minimum atomic E-state index is 1.11. The molecule has 1 heteroatoms. The van der Waals surface area contributed by atoms with Crippen LogP contribution >= 0.6 is 0 Å². The Labute approximate surface area is 117 Å². The fourth-order valence-corrected chi connectivity index (χ4v) is 1.85. The number of anilines is 2. The summed E-state index contributed by atoms with van der Waals surface area (Å²) in [6.07, 6.45) is 4.21. The molecule has 0 aliphatic heterocycles. The zero-order chi connectivity index (χ0) is 14.1. The Kier molecular flexibility index (Phi) is 6.45. The zero-order valence-electron chi connectivity index (χ0n) is 12.3. The van der Waals surface area contributed by atoms with E-state index in [-0.39, 0.29) is 0 Å². The van der Waals surface area contributed by atoms with E-state index in [2.05, 4.69) is 54.7 Å². The number of nitrogens with one attached hydrogen (secondary N) is 1. The van der Waals surface area contributed by atoms with Crippen molar-refractivity contribution in [2.24, 2.45) is 0 Å². The third kappa shape index (κ3) is 4.29. The van der Waals surface area contributed by atoms with E-state index in [1.807, 2.05) is 39.0 Å². The van der Waals surface area contributed by atoms with Gasteiger partial charge in [0.1, 0.15) is 0 Å². The van der Waals surface area contributed by atoms with Crippen LogP contribution in [0.3, 0.4) is 0 Å². The average molecular weight is 253 g/mol. The predicted molar refractivity (Wildman–Crippen MR) is 87.0 cm³/mol. The van der Waals surface area contributed by atoms with Crippen LogP contribution in [-0.2, 0) is 0 Å². The summed E-state index contributed by atoms with van der Waals surface area (Å²) in [5.74, 6) is 0. The highest BCUT2D eigenvalue weighted by atomic mass is 14.9. The first kappa shape index (κ1) is 15.0. The monoisotopic (exact) mass is 253 g/mol. The Bertz CT molecular complexity index is 512. The van der Waals surface area contributed by atoms with Gasteiger partial charge in [-0.2, -0.15) is 0 Å². The van der Waals surface area contributed by atoms with Crippen LogP contribution in [0, 0.1) is 6.92 Å². The average Bonchev–Trinajstić information content (AvgIpc) is 2.46. The van der Waals surface area contributed by atoms with E-state index in [9.17, 15) is 0 Å². The van der Waals surface area contributed by atoms with Gasteiger partial charge in [-0.25, -0.2) is 0 Å². The van der Waals surface area contributed by atoms with Crippen LogP contribution in [0.15, 0.2) is 54.6 Å². The second kappa shape index (κ2) is 8.15. The van der Waals surface area contributed by atoms with Gasteiger partial charge in [0.15, 0.2) is 0 Å².